The molecule has 0 spiro atoms. The molecule has 1 heterocycles. The van der Waals surface area contributed by atoms with Gasteiger partial charge in [-0.3, -0.25) is 9.69 Å². The highest BCUT2D eigenvalue weighted by Crippen LogP contribution is 2.19. The van der Waals surface area contributed by atoms with E-state index in [0.29, 0.717) is 5.91 Å². The second kappa shape index (κ2) is 23.1. The van der Waals surface area contributed by atoms with E-state index in [1.807, 2.05) is 0 Å². The zero-order valence-electron chi connectivity index (χ0n) is 23.3. The summed E-state index contributed by atoms with van der Waals surface area (Å²) in [7, 11) is 0. The number of halogens is 1. The van der Waals surface area contributed by atoms with Crippen LogP contribution in [-0.4, -0.2) is 61.4 Å². The number of carbonyl (C=O) groups is 1. The number of hydrogen-bond acceptors (Lipinski definition) is 2. The molecule has 0 aromatic carbocycles. The number of nitrogens with zero attached hydrogens (tertiary/aromatic N) is 2. The monoisotopic (exact) mass is 502 g/mol. The molecule has 0 atom stereocenters. The van der Waals surface area contributed by atoms with Gasteiger partial charge in [0, 0.05) is 19.6 Å². The molecule has 0 aromatic heterocycles. The Bertz CT molecular complexity index is 453. The molecule has 0 radical (unpaired) electrons. The third-order valence-corrected chi connectivity index (χ3v) is 7.47. The molecule has 204 valence electrons. The van der Waals surface area contributed by atoms with Crippen molar-refractivity contribution in [2.75, 3.05) is 46.1 Å². The van der Waals surface area contributed by atoms with Crippen LogP contribution in [0.15, 0.2) is 0 Å². The van der Waals surface area contributed by atoms with Gasteiger partial charge in [-0.15, -0.1) is 0 Å². The lowest BCUT2D eigenvalue weighted by Gasteiger charge is -2.41. The summed E-state index contributed by atoms with van der Waals surface area (Å²) >= 11 is 0. The molecule has 1 rings (SSSR count). The Morgan fingerprint density at radius 3 is 1.65 bits per heavy atom. The summed E-state index contributed by atoms with van der Waals surface area (Å²) in [6.07, 6.45) is 23.3. The average molecular weight is 503 g/mol. The fourth-order valence-electron chi connectivity index (χ4n) is 5.16. The van der Waals surface area contributed by atoms with Crippen molar-refractivity contribution in [1.82, 2.24) is 4.90 Å². The Morgan fingerprint density at radius 2 is 1.18 bits per heavy atom. The number of quaternary nitrogens is 1. The SMILES string of the molecule is CCCCCCCCCCCCCCOCC[N+](CCCC)(CCCC)CN1CCCC1=O.[Cl-]. The highest BCUT2D eigenvalue weighted by Gasteiger charge is 2.33. The van der Waals surface area contributed by atoms with E-state index in [1.165, 1.54) is 116 Å². The Balaban J connectivity index is 0.0000109. The smallest absolute Gasteiger partial charge is 0.226 e. The maximum atomic E-state index is 12.3. The summed E-state index contributed by atoms with van der Waals surface area (Å²) in [4.78, 5) is 14.4. The molecule has 1 saturated heterocycles. The van der Waals surface area contributed by atoms with Crippen LogP contribution in [0.3, 0.4) is 0 Å². The normalized spacial score (nSPS) is 14.1. The molecule has 0 unspecified atom stereocenters. The summed E-state index contributed by atoms with van der Waals surface area (Å²) in [5, 5.41) is 0. The van der Waals surface area contributed by atoms with E-state index in [1.54, 1.807) is 0 Å². The molecule has 4 nitrogen and oxygen atoms in total. The quantitative estimate of drug-likeness (QED) is 0.141. The van der Waals surface area contributed by atoms with Gasteiger partial charge in [-0.25, -0.2) is 0 Å². The number of rotatable bonds is 24. The van der Waals surface area contributed by atoms with Crippen molar-refractivity contribution in [1.29, 1.82) is 0 Å². The summed E-state index contributed by atoms with van der Waals surface area (Å²) in [6, 6.07) is 0. The summed E-state index contributed by atoms with van der Waals surface area (Å²) < 4.78 is 7.16. The number of unbranched alkanes of at least 4 members (excludes halogenated alkanes) is 13. The van der Waals surface area contributed by atoms with Gasteiger partial charge in [0.15, 0.2) is 6.67 Å². The first kappa shape index (κ1) is 33.7. The molecule has 1 fully saturated rings. The second-order valence-electron chi connectivity index (χ2n) is 10.6. The van der Waals surface area contributed by atoms with Crippen LogP contribution in [0.5, 0.6) is 0 Å². The molecule has 1 amide bonds. The summed E-state index contributed by atoms with van der Waals surface area (Å²) in [5.41, 5.74) is 0. The predicted octanol–water partition coefficient (Wildman–Crippen LogP) is 4.71. The predicted molar refractivity (Wildman–Crippen MR) is 142 cm³/mol. The van der Waals surface area contributed by atoms with E-state index in [-0.39, 0.29) is 12.4 Å². The van der Waals surface area contributed by atoms with E-state index in [9.17, 15) is 4.79 Å². The van der Waals surface area contributed by atoms with Crippen LogP contribution >= 0.6 is 0 Å². The van der Waals surface area contributed by atoms with Gasteiger partial charge in [-0.2, -0.15) is 0 Å². The number of hydrogen-bond donors (Lipinski definition) is 0. The number of ether oxygens (including phenoxy) is 1. The van der Waals surface area contributed by atoms with Crippen LogP contribution in [0.2, 0.25) is 0 Å². The van der Waals surface area contributed by atoms with E-state index >= 15 is 0 Å². The van der Waals surface area contributed by atoms with Gasteiger partial charge in [0.2, 0.25) is 5.91 Å². The minimum absolute atomic E-state index is 0. The molecule has 0 bridgehead atoms. The van der Waals surface area contributed by atoms with E-state index in [0.717, 1.165) is 50.3 Å². The van der Waals surface area contributed by atoms with Crippen molar-refractivity contribution in [2.45, 2.75) is 136 Å². The Labute approximate surface area is 219 Å². The largest absolute Gasteiger partial charge is 1.00 e. The average Bonchev–Trinajstić information content (AvgIpc) is 3.22. The molecular formula is C29H59ClN2O2. The Hall–Kier alpha value is -0.320. The van der Waals surface area contributed by atoms with Crippen LogP contribution in [0.1, 0.15) is 136 Å². The van der Waals surface area contributed by atoms with Gasteiger partial charge < -0.3 is 21.6 Å². The minimum atomic E-state index is 0. The maximum absolute atomic E-state index is 12.3. The number of likely N-dealkylation sites (tertiary alicyclic amines) is 1. The third kappa shape index (κ3) is 16.4. The molecule has 34 heavy (non-hydrogen) atoms. The molecule has 0 N–H and O–H groups in total. The van der Waals surface area contributed by atoms with Crippen molar-refractivity contribution in [3.05, 3.63) is 0 Å². The zero-order chi connectivity index (χ0) is 24.0. The minimum Gasteiger partial charge on any atom is -1.00 e. The van der Waals surface area contributed by atoms with Crippen LogP contribution < -0.4 is 12.4 Å². The molecule has 5 heteroatoms. The van der Waals surface area contributed by atoms with Crippen LogP contribution in [0.25, 0.3) is 0 Å². The Morgan fingerprint density at radius 1 is 0.676 bits per heavy atom. The first-order valence-corrected chi connectivity index (χ1v) is 14.9. The van der Waals surface area contributed by atoms with Crippen molar-refractivity contribution < 1.29 is 26.4 Å². The van der Waals surface area contributed by atoms with Gasteiger partial charge in [0.25, 0.3) is 0 Å². The second-order valence-corrected chi connectivity index (χ2v) is 10.6. The summed E-state index contributed by atoms with van der Waals surface area (Å²) in [5.74, 6) is 0.364. The molecule has 1 aliphatic rings. The van der Waals surface area contributed by atoms with Crippen LogP contribution in [0.4, 0.5) is 0 Å². The van der Waals surface area contributed by atoms with Crippen LogP contribution in [-0.2, 0) is 9.53 Å². The van der Waals surface area contributed by atoms with E-state index in [4.69, 9.17) is 4.74 Å². The van der Waals surface area contributed by atoms with Crippen LogP contribution in [0, 0.1) is 0 Å². The maximum Gasteiger partial charge on any atom is 0.226 e. The number of carbonyl (C=O) groups excluding carboxylic acids is 1. The number of amides is 1. The first-order valence-electron chi connectivity index (χ1n) is 14.9. The van der Waals surface area contributed by atoms with Gasteiger partial charge in [0.1, 0.15) is 6.54 Å². The lowest BCUT2D eigenvalue weighted by Crippen LogP contribution is -3.00. The summed E-state index contributed by atoms with van der Waals surface area (Å²) in [6.45, 7) is 13.9. The lowest BCUT2D eigenvalue weighted by molar-refractivity contribution is -0.936. The first-order chi connectivity index (χ1) is 16.2. The lowest BCUT2D eigenvalue weighted by atomic mass is 10.1. The fraction of sp³-hybridized carbons (Fsp3) is 0.966. The fourth-order valence-corrected chi connectivity index (χ4v) is 5.16. The van der Waals surface area contributed by atoms with Gasteiger partial charge in [-0.1, -0.05) is 104 Å². The molecule has 0 aliphatic carbocycles. The van der Waals surface area contributed by atoms with Crippen molar-refractivity contribution >= 4 is 5.91 Å². The van der Waals surface area contributed by atoms with Crippen molar-refractivity contribution in [3.63, 3.8) is 0 Å². The molecule has 0 aromatic rings. The Kier molecular flexibility index (Phi) is 22.9. The van der Waals surface area contributed by atoms with E-state index in [2.05, 4.69) is 25.7 Å². The van der Waals surface area contributed by atoms with Gasteiger partial charge in [0.05, 0.1) is 19.7 Å². The standard InChI is InChI=1S/C29H59N2O2.ClH/c1-4-7-10-11-12-13-14-15-16-17-18-19-26-33-27-25-31(23-8-5-2,24-9-6-3)28-30-22-20-21-29(30)32;/h4-28H2,1-3H3;1H/q+1;/p-1. The van der Waals surface area contributed by atoms with Gasteiger partial charge in [-0.05, 0) is 25.7 Å². The molecule has 1 aliphatic heterocycles. The highest BCUT2D eigenvalue weighted by atomic mass is 35.5. The van der Waals surface area contributed by atoms with Crippen molar-refractivity contribution in [2.24, 2.45) is 0 Å². The van der Waals surface area contributed by atoms with E-state index < -0.39 is 0 Å². The molecule has 0 saturated carbocycles. The molecular weight excluding hydrogens is 444 g/mol. The third-order valence-electron chi connectivity index (χ3n) is 7.47. The van der Waals surface area contributed by atoms with Gasteiger partial charge >= 0.3 is 0 Å². The highest BCUT2D eigenvalue weighted by molar-refractivity contribution is 5.77. The zero-order valence-corrected chi connectivity index (χ0v) is 24.0. The topological polar surface area (TPSA) is 29.5 Å². The van der Waals surface area contributed by atoms with Crippen molar-refractivity contribution in [3.8, 4) is 0 Å².